The molecule has 1 atom stereocenters. The Morgan fingerprint density at radius 3 is 0.845 bits per heavy atom. The standard InChI is InChI=1S/C52H100O6/c1-5-7-9-11-13-15-17-19-20-21-23-25-27-33-37-41-45-52(55)58-49(47-57-51(54)44-40-36-32-29-28-30-34-38-42-48(3)4)46-56-50(53)43-39-35-31-26-24-22-18-16-14-12-10-8-6-2/h48-49H,5-47H2,1-4H3/t49-/m1/s1. The molecule has 0 saturated heterocycles. The van der Waals surface area contributed by atoms with E-state index in [9.17, 15) is 14.4 Å². The number of carbonyl (C=O) groups excluding carboxylic acids is 3. The molecule has 0 bridgehead atoms. The first-order valence-corrected chi connectivity index (χ1v) is 25.9. The molecular weight excluding hydrogens is 721 g/mol. The lowest BCUT2D eigenvalue weighted by Gasteiger charge is -2.18. The minimum absolute atomic E-state index is 0.0631. The summed E-state index contributed by atoms with van der Waals surface area (Å²) in [5, 5.41) is 0. The fourth-order valence-electron chi connectivity index (χ4n) is 7.86. The summed E-state index contributed by atoms with van der Waals surface area (Å²) in [5.41, 5.74) is 0. The molecule has 0 fully saturated rings. The van der Waals surface area contributed by atoms with Gasteiger partial charge < -0.3 is 14.2 Å². The van der Waals surface area contributed by atoms with Crippen LogP contribution in [0.3, 0.4) is 0 Å². The van der Waals surface area contributed by atoms with Gasteiger partial charge in [-0.15, -0.1) is 0 Å². The zero-order valence-electron chi connectivity index (χ0n) is 39.5. The summed E-state index contributed by atoms with van der Waals surface area (Å²) in [7, 11) is 0. The molecular formula is C52H100O6. The first kappa shape index (κ1) is 56.4. The van der Waals surface area contributed by atoms with E-state index in [-0.39, 0.29) is 31.1 Å². The van der Waals surface area contributed by atoms with E-state index in [1.807, 2.05) is 0 Å². The molecule has 0 unspecified atom stereocenters. The fourth-order valence-corrected chi connectivity index (χ4v) is 7.86. The smallest absolute Gasteiger partial charge is 0.306 e. The molecule has 0 radical (unpaired) electrons. The number of hydrogen-bond donors (Lipinski definition) is 0. The molecule has 58 heavy (non-hydrogen) atoms. The summed E-state index contributed by atoms with van der Waals surface area (Å²) in [6.45, 7) is 8.99. The van der Waals surface area contributed by atoms with E-state index >= 15 is 0 Å². The van der Waals surface area contributed by atoms with Gasteiger partial charge >= 0.3 is 17.9 Å². The van der Waals surface area contributed by atoms with Gasteiger partial charge in [-0.1, -0.05) is 252 Å². The third-order valence-electron chi connectivity index (χ3n) is 11.8. The highest BCUT2D eigenvalue weighted by Crippen LogP contribution is 2.17. The number of hydrogen-bond acceptors (Lipinski definition) is 6. The topological polar surface area (TPSA) is 78.9 Å². The van der Waals surface area contributed by atoms with Crippen molar-refractivity contribution in [2.24, 2.45) is 5.92 Å². The number of ether oxygens (including phenoxy) is 3. The Morgan fingerprint density at radius 2 is 0.569 bits per heavy atom. The van der Waals surface area contributed by atoms with E-state index in [4.69, 9.17) is 14.2 Å². The first-order valence-electron chi connectivity index (χ1n) is 25.9. The molecule has 344 valence electrons. The van der Waals surface area contributed by atoms with Crippen LogP contribution in [-0.4, -0.2) is 37.2 Å². The van der Waals surface area contributed by atoms with Gasteiger partial charge in [-0.3, -0.25) is 14.4 Å². The molecule has 0 aromatic carbocycles. The Labute approximate surface area is 361 Å². The highest BCUT2D eigenvalue weighted by molar-refractivity contribution is 5.71. The van der Waals surface area contributed by atoms with Crippen LogP contribution in [0.1, 0.15) is 291 Å². The Morgan fingerprint density at radius 1 is 0.328 bits per heavy atom. The highest BCUT2D eigenvalue weighted by atomic mass is 16.6. The minimum atomic E-state index is -0.760. The van der Waals surface area contributed by atoms with Gasteiger partial charge in [0, 0.05) is 19.3 Å². The molecule has 0 aromatic rings. The van der Waals surface area contributed by atoms with E-state index in [1.165, 1.54) is 186 Å². The summed E-state index contributed by atoms with van der Waals surface area (Å²) in [4.78, 5) is 37.9. The Kier molecular flexibility index (Phi) is 45.2. The van der Waals surface area contributed by atoms with E-state index in [0.29, 0.717) is 19.3 Å². The van der Waals surface area contributed by atoms with Crippen LogP contribution in [0, 0.1) is 5.92 Å². The molecule has 0 aliphatic heterocycles. The average Bonchev–Trinajstić information content (AvgIpc) is 3.21. The molecule has 0 spiro atoms. The fraction of sp³-hybridized carbons (Fsp3) is 0.942. The second-order valence-electron chi connectivity index (χ2n) is 18.3. The van der Waals surface area contributed by atoms with Crippen molar-refractivity contribution >= 4 is 17.9 Å². The number of rotatable bonds is 47. The maximum Gasteiger partial charge on any atom is 0.306 e. The molecule has 0 aromatic heterocycles. The van der Waals surface area contributed by atoms with Crippen LogP contribution in [0.4, 0.5) is 0 Å². The van der Waals surface area contributed by atoms with Gasteiger partial charge in [0.2, 0.25) is 0 Å². The van der Waals surface area contributed by atoms with Gasteiger partial charge in [0.05, 0.1) is 0 Å². The van der Waals surface area contributed by atoms with Crippen LogP contribution >= 0.6 is 0 Å². The van der Waals surface area contributed by atoms with Crippen molar-refractivity contribution in [3.63, 3.8) is 0 Å². The van der Waals surface area contributed by atoms with Crippen LogP contribution < -0.4 is 0 Å². The monoisotopic (exact) mass is 821 g/mol. The van der Waals surface area contributed by atoms with Crippen LogP contribution in [0.15, 0.2) is 0 Å². The van der Waals surface area contributed by atoms with Gasteiger partial charge in [-0.25, -0.2) is 0 Å². The van der Waals surface area contributed by atoms with Crippen LogP contribution in [0.2, 0.25) is 0 Å². The highest BCUT2D eigenvalue weighted by Gasteiger charge is 2.19. The minimum Gasteiger partial charge on any atom is -0.462 e. The zero-order chi connectivity index (χ0) is 42.4. The third kappa shape index (κ3) is 45.5. The SMILES string of the molecule is CCCCCCCCCCCCCCCCCCC(=O)O[C@H](COC(=O)CCCCCCCCCCCCCCC)COC(=O)CCCCCCCCCCC(C)C. The molecule has 0 N–H and O–H groups in total. The van der Waals surface area contributed by atoms with Crippen molar-refractivity contribution in [2.45, 2.75) is 297 Å². The predicted molar refractivity (Wildman–Crippen MR) is 247 cm³/mol. The third-order valence-corrected chi connectivity index (χ3v) is 11.8. The maximum absolute atomic E-state index is 12.8. The molecule has 0 saturated carbocycles. The van der Waals surface area contributed by atoms with E-state index in [2.05, 4.69) is 27.7 Å². The van der Waals surface area contributed by atoms with Gasteiger partial charge in [0.25, 0.3) is 0 Å². The summed E-state index contributed by atoms with van der Waals surface area (Å²) < 4.78 is 16.8. The van der Waals surface area contributed by atoms with Crippen LogP contribution in [0.5, 0.6) is 0 Å². The Hall–Kier alpha value is -1.59. The molecule has 0 amide bonds. The second-order valence-corrected chi connectivity index (χ2v) is 18.3. The van der Waals surface area contributed by atoms with Gasteiger partial charge in [-0.2, -0.15) is 0 Å². The van der Waals surface area contributed by atoms with Gasteiger partial charge in [-0.05, 0) is 25.2 Å². The summed E-state index contributed by atoms with van der Waals surface area (Å²) in [6.07, 6.45) is 48.0. The Balaban J connectivity index is 4.30. The van der Waals surface area contributed by atoms with Crippen molar-refractivity contribution in [1.29, 1.82) is 0 Å². The van der Waals surface area contributed by atoms with E-state index < -0.39 is 6.10 Å². The van der Waals surface area contributed by atoms with Gasteiger partial charge in [0.1, 0.15) is 13.2 Å². The number of carbonyl (C=O) groups is 3. The average molecular weight is 821 g/mol. The van der Waals surface area contributed by atoms with E-state index in [0.717, 1.165) is 63.7 Å². The first-order chi connectivity index (χ1) is 28.4. The largest absolute Gasteiger partial charge is 0.462 e. The molecule has 6 heteroatoms. The Bertz CT molecular complexity index is 872. The van der Waals surface area contributed by atoms with Crippen molar-refractivity contribution < 1.29 is 28.6 Å². The number of esters is 3. The van der Waals surface area contributed by atoms with Crippen molar-refractivity contribution in [1.82, 2.24) is 0 Å². The predicted octanol–water partition coefficient (Wildman–Crippen LogP) is 16.7. The van der Waals surface area contributed by atoms with Crippen molar-refractivity contribution in [2.75, 3.05) is 13.2 Å². The van der Waals surface area contributed by atoms with Crippen LogP contribution in [0.25, 0.3) is 0 Å². The zero-order valence-corrected chi connectivity index (χ0v) is 39.5. The number of unbranched alkanes of at least 4 members (excludes halogenated alkanes) is 34. The van der Waals surface area contributed by atoms with Gasteiger partial charge in [0.15, 0.2) is 6.10 Å². The molecule has 0 heterocycles. The molecule has 0 rings (SSSR count). The van der Waals surface area contributed by atoms with E-state index in [1.54, 1.807) is 0 Å². The molecule has 0 aliphatic rings. The lowest BCUT2D eigenvalue weighted by atomic mass is 10.0. The van der Waals surface area contributed by atoms with Crippen LogP contribution in [-0.2, 0) is 28.6 Å². The summed E-state index contributed by atoms with van der Waals surface area (Å²) in [6, 6.07) is 0. The molecule has 0 aliphatic carbocycles. The van der Waals surface area contributed by atoms with Crippen molar-refractivity contribution in [3.8, 4) is 0 Å². The summed E-state index contributed by atoms with van der Waals surface area (Å²) in [5.74, 6) is -0.0494. The lowest BCUT2D eigenvalue weighted by molar-refractivity contribution is -0.167. The second kappa shape index (κ2) is 46.5. The quantitative estimate of drug-likeness (QED) is 0.0346. The maximum atomic E-state index is 12.8. The van der Waals surface area contributed by atoms with Crippen molar-refractivity contribution in [3.05, 3.63) is 0 Å². The normalized spacial score (nSPS) is 11.9. The summed E-state index contributed by atoms with van der Waals surface area (Å²) >= 11 is 0. The lowest BCUT2D eigenvalue weighted by Crippen LogP contribution is -2.30. The molecule has 6 nitrogen and oxygen atoms in total.